The highest BCUT2D eigenvalue weighted by Crippen LogP contribution is 2.38. The molecule has 2 aliphatic heterocycles. The van der Waals surface area contributed by atoms with Crippen LogP contribution in [0.1, 0.15) is 22.7 Å². The van der Waals surface area contributed by atoms with Gasteiger partial charge in [-0.1, -0.05) is 24.3 Å². The van der Waals surface area contributed by atoms with E-state index in [0.717, 1.165) is 31.7 Å². The summed E-state index contributed by atoms with van der Waals surface area (Å²) < 4.78 is 5.76. The summed E-state index contributed by atoms with van der Waals surface area (Å²) >= 11 is 0. The van der Waals surface area contributed by atoms with Gasteiger partial charge in [-0.25, -0.2) is 0 Å². The van der Waals surface area contributed by atoms with Gasteiger partial charge in [0.2, 0.25) is 0 Å². The third kappa shape index (κ3) is 2.28. The number of aromatic hydroxyl groups is 1. The second-order valence-corrected chi connectivity index (χ2v) is 5.85. The van der Waals surface area contributed by atoms with Crippen molar-refractivity contribution in [2.75, 3.05) is 19.7 Å². The fraction of sp³-hybridized carbons (Fsp3) is 0.333. The van der Waals surface area contributed by atoms with Crippen LogP contribution >= 0.6 is 0 Å². The van der Waals surface area contributed by atoms with E-state index in [1.807, 2.05) is 6.07 Å². The molecule has 1 unspecified atom stereocenters. The standard InChI is InChI=1S/C18H19NO2/c20-15-5-6-16-17(12-21-18(16)11-15)19-9-7-13-3-1-2-4-14(13)8-10-19/h1-6,11,17,20H,7-10,12H2. The molecular formula is C18H19NO2. The fourth-order valence-corrected chi connectivity index (χ4v) is 3.48. The smallest absolute Gasteiger partial charge is 0.127 e. The molecule has 2 aromatic carbocycles. The summed E-state index contributed by atoms with van der Waals surface area (Å²) in [5.41, 5.74) is 4.16. The van der Waals surface area contributed by atoms with Crippen molar-refractivity contribution in [1.82, 2.24) is 4.90 Å². The van der Waals surface area contributed by atoms with Gasteiger partial charge in [0.15, 0.2) is 0 Å². The molecule has 0 saturated carbocycles. The zero-order valence-electron chi connectivity index (χ0n) is 12.0. The molecular weight excluding hydrogens is 262 g/mol. The van der Waals surface area contributed by atoms with E-state index in [4.69, 9.17) is 4.74 Å². The first-order valence-corrected chi connectivity index (χ1v) is 7.58. The molecule has 108 valence electrons. The van der Waals surface area contributed by atoms with E-state index in [2.05, 4.69) is 29.2 Å². The predicted octanol–water partition coefficient (Wildman–Crippen LogP) is 2.93. The lowest BCUT2D eigenvalue weighted by atomic mass is 10.0. The Morgan fingerprint density at radius 2 is 1.71 bits per heavy atom. The zero-order chi connectivity index (χ0) is 14.2. The summed E-state index contributed by atoms with van der Waals surface area (Å²) in [6.07, 6.45) is 2.19. The molecule has 0 aromatic heterocycles. The van der Waals surface area contributed by atoms with Crippen LogP contribution in [0.3, 0.4) is 0 Å². The molecule has 0 bridgehead atoms. The molecule has 1 atom stereocenters. The van der Waals surface area contributed by atoms with Crippen LogP contribution in [-0.2, 0) is 12.8 Å². The van der Waals surface area contributed by atoms with E-state index in [0.29, 0.717) is 12.6 Å². The van der Waals surface area contributed by atoms with Crippen molar-refractivity contribution >= 4 is 0 Å². The minimum absolute atomic E-state index is 0.276. The molecule has 2 heterocycles. The number of ether oxygens (including phenoxy) is 1. The molecule has 4 rings (SSSR count). The number of phenolic OH excluding ortho intramolecular Hbond substituents is 1. The number of hydrogen-bond donors (Lipinski definition) is 1. The summed E-state index contributed by atoms with van der Waals surface area (Å²) in [5.74, 6) is 1.11. The van der Waals surface area contributed by atoms with E-state index in [-0.39, 0.29) is 5.75 Å². The normalized spacial score (nSPS) is 21.2. The lowest BCUT2D eigenvalue weighted by Crippen LogP contribution is -2.32. The molecule has 0 aliphatic carbocycles. The molecule has 1 N–H and O–H groups in total. The number of fused-ring (bicyclic) bond motifs is 2. The second kappa shape index (κ2) is 5.08. The first-order chi connectivity index (χ1) is 10.3. The molecule has 0 saturated heterocycles. The second-order valence-electron chi connectivity index (χ2n) is 5.85. The van der Waals surface area contributed by atoms with E-state index in [1.165, 1.54) is 16.7 Å². The molecule has 0 amide bonds. The van der Waals surface area contributed by atoms with Gasteiger partial charge >= 0.3 is 0 Å². The van der Waals surface area contributed by atoms with Gasteiger partial charge < -0.3 is 9.84 Å². The Balaban J connectivity index is 1.57. The van der Waals surface area contributed by atoms with E-state index in [1.54, 1.807) is 12.1 Å². The molecule has 0 radical (unpaired) electrons. The molecule has 21 heavy (non-hydrogen) atoms. The molecule has 0 fully saturated rings. The monoisotopic (exact) mass is 281 g/mol. The maximum atomic E-state index is 9.56. The Morgan fingerprint density at radius 1 is 1.00 bits per heavy atom. The van der Waals surface area contributed by atoms with Crippen LogP contribution < -0.4 is 4.74 Å². The van der Waals surface area contributed by atoms with E-state index >= 15 is 0 Å². The van der Waals surface area contributed by atoms with Crippen LogP contribution in [-0.4, -0.2) is 29.7 Å². The Hall–Kier alpha value is -2.00. The van der Waals surface area contributed by atoms with Crippen molar-refractivity contribution in [3.63, 3.8) is 0 Å². The Kier molecular flexibility index (Phi) is 3.08. The number of hydrogen-bond acceptors (Lipinski definition) is 3. The van der Waals surface area contributed by atoms with Crippen molar-refractivity contribution in [2.45, 2.75) is 18.9 Å². The highest BCUT2D eigenvalue weighted by Gasteiger charge is 2.30. The van der Waals surface area contributed by atoms with Crippen molar-refractivity contribution in [2.24, 2.45) is 0 Å². The van der Waals surface area contributed by atoms with Gasteiger partial charge in [0.1, 0.15) is 18.1 Å². The van der Waals surface area contributed by atoms with Gasteiger partial charge in [-0.15, -0.1) is 0 Å². The maximum Gasteiger partial charge on any atom is 0.127 e. The van der Waals surface area contributed by atoms with Crippen molar-refractivity contribution in [3.8, 4) is 11.5 Å². The lowest BCUT2D eigenvalue weighted by molar-refractivity contribution is 0.169. The number of nitrogens with zero attached hydrogens (tertiary/aromatic N) is 1. The van der Waals surface area contributed by atoms with Gasteiger partial charge in [-0.3, -0.25) is 4.90 Å². The van der Waals surface area contributed by atoms with Crippen molar-refractivity contribution in [1.29, 1.82) is 0 Å². The predicted molar refractivity (Wildman–Crippen MR) is 81.8 cm³/mol. The minimum atomic E-state index is 0.276. The summed E-state index contributed by atoms with van der Waals surface area (Å²) in [6.45, 7) is 2.81. The number of benzene rings is 2. The SMILES string of the molecule is Oc1ccc2c(c1)OCC2N1CCc2ccccc2CC1. The van der Waals surface area contributed by atoms with Gasteiger partial charge in [-0.2, -0.15) is 0 Å². The highest BCUT2D eigenvalue weighted by molar-refractivity contribution is 5.44. The molecule has 2 aliphatic rings. The van der Waals surface area contributed by atoms with Crippen LogP contribution in [0.15, 0.2) is 42.5 Å². The third-order valence-corrected chi connectivity index (χ3v) is 4.65. The van der Waals surface area contributed by atoms with Gasteiger partial charge in [0.05, 0.1) is 6.04 Å². The Labute approximate surface area is 124 Å². The quantitative estimate of drug-likeness (QED) is 0.872. The van der Waals surface area contributed by atoms with Gasteiger partial charge in [-0.05, 0) is 36.1 Å². The van der Waals surface area contributed by atoms with E-state index in [9.17, 15) is 5.11 Å². The number of phenols is 1. The third-order valence-electron chi connectivity index (χ3n) is 4.65. The lowest BCUT2D eigenvalue weighted by Gasteiger charge is -2.26. The van der Waals surface area contributed by atoms with Crippen LogP contribution in [0.25, 0.3) is 0 Å². The average molecular weight is 281 g/mol. The summed E-state index contributed by atoms with van der Waals surface area (Å²) in [4.78, 5) is 2.52. The first-order valence-electron chi connectivity index (χ1n) is 7.58. The van der Waals surface area contributed by atoms with Crippen molar-refractivity contribution < 1.29 is 9.84 Å². The maximum absolute atomic E-state index is 9.56. The average Bonchev–Trinajstić information content (AvgIpc) is 2.79. The fourth-order valence-electron chi connectivity index (χ4n) is 3.48. The molecule has 3 nitrogen and oxygen atoms in total. The van der Waals surface area contributed by atoms with Crippen LogP contribution in [0, 0.1) is 0 Å². The number of rotatable bonds is 1. The Morgan fingerprint density at radius 3 is 2.43 bits per heavy atom. The highest BCUT2D eigenvalue weighted by atomic mass is 16.5. The van der Waals surface area contributed by atoms with Crippen LogP contribution in [0.2, 0.25) is 0 Å². The van der Waals surface area contributed by atoms with Gasteiger partial charge in [0, 0.05) is 24.7 Å². The Bertz CT molecular complexity index is 641. The minimum Gasteiger partial charge on any atom is -0.508 e. The zero-order valence-corrected chi connectivity index (χ0v) is 12.0. The summed E-state index contributed by atoms with van der Waals surface area (Å²) in [5, 5.41) is 9.56. The topological polar surface area (TPSA) is 32.7 Å². The van der Waals surface area contributed by atoms with Crippen LogP contribution in [0.4, 0.5) is 0 Å². The first kappa shape index (κ1) is 12.7. The molecule has 0 spiro atoms. The van der Waals surface area contributed by atoms with Crippen molar-refractivity contribution in [3.05, 3.63) is 59.2 Å². The van der Waals surface area contributed by atoms with Gasteiger partial charge in [0.25, 0.3) is 0 Å². The largest absolute Gasteiger partial charge is 0.508 e. The molecule has 3 heteroatoms. The summed E-state index contributed by atoms with van der Waals surface area (Å²) in [7, 11) is 0. The summed E-state index contributed by atoms with van der Waals surface area (Å²) in [6, 6.07) is 14.5. The molecule has 2 aromatic rings. The van der Waals surface area contributed by atoms with Crippen LogP contribution in [0.5, 0.6) is 11.5 Å². The van der Waals surface area contributed by atoms with E-state index < -0.39 is 0 Å².